The topological polar surface area (TPSA) is 54.9 Å². The van der Waals surface area contributed by atoms with E-state index in [0.29, 0.717) is 19.6 Å². The predicted molar refractivity (Wildman–Crippen MR) is 135 cm³/mol. The van der Waals surface area contributed by atoms with E-state index < -0.39 is 0 Å². The first-order chi connectivity index (χ1) is 15.1. The highest BCUT2D eigenvalue weighted by atomic mass is 35.5. The summed E-state index contributed by atoms with van der Waals surface area (Å²) in [6, 6.07) is 13.5. The van der Waals surface area contributed by atoms with Crippen LogP contribution < -0.4 is 14.4 Å². The lowest BCUT2D eigenvalue weighted by Crippen LogP contribution is -2.39. The third-order valence-electron chi connectivity index (χ3n) is 5.24. The monoisotopic (exact) mass is 477 g/mol. The third kappa shape index (κ3) is 6.58. The van der Waals surface area contributed by atoms with E-state index in [0.717, 1.165) is 52.0 Å². The molecule has 0 aliphatic rings. The second-order valence-electron chi connectivity index (χ2n) is 7.16. The van der Waals surface area contributed by atoms with Crippen LogP contribution in [0.15, 0.2) is 42.5 Å². The highest BCUT2D eigenvalue weighted by molar-refractivity contribution is 7.22. The number of hydrogen-bond acceptors (Lipinski definition) is 6. The Morgan fingerprint density at radius 2 is 1.69 bits per heavy atom. The average molecular weight is 478 g/mol. The number of methoxy groups -OCH3 is 1. The van der Waals surface area contributed by atoms with Gasteiger partial charge >= 0.3 is 0 Å². The van der Waals surface area contributed by atoms with Gasteiger partial charge in [0.2, 0.25) is 5.91 Å². The van der Waals surface area contributed by atoms with Crippen molar-refractivity contribution in [2.45, 2.75) is 27.2 Å². The molecule has 1 heterocycles. The number of hydrogen-bond donors (Lipinski definition) is 0. The largest absolute Gasteiger partial charge is 0.497 e. The molecule has 0 aliphatic heterocycles. The lowest BCUT2D eigenvalue weighted by atomic mass is 10.1. The zero-order valence-electron chi connectivity index (χ0n) is 19.2. The zero-order valence-corrected chi connectivity index (χ0v) is 20.8. The Hall–Kier alpha value is -2.35. The number of amides is 1. The maximum atomic E-state index is 13.3. The van der Waals surface area contributed by atoms with Gasteiger partial charge in [-0.2, -0.15) is 0 Å². The van der Waals surface area contributed by atoms with Crippen molar-refractivity contribution < 1.29 is 14.3 Å². The van der Waals surface area contributed by atoms with Crippen molar-refractivity contribution in [1.82, 2.24) is 9.88 Å². The number of fused-ring (bicyclic) bond motifs is 1. The number of carbonyl (C=O) groups excluding carboxylic acids is 1. The molecule has 0 bridgehead atoms. The molecule has 0 radical (unpaired) electrons. The summed E-state index contributed by atoms with van der Waals surface area (Å²) in [5.74, 6) is 1.65. The third-order valence-corrected chi connectivity index (χ3v) is 6.28. The molecule has 0 N–H and O–H groups in total. The molecular weight excluding hydrogens is 446 g/mol. The van der Waals surface area contributed by atoms with Gasteiger partial charge in [-0.3, -0.25) is 9.69 Å². The second kappa shape index (κ2) is 12.6. The van der Waals surface area contributed by atoms with Gasteiger partial charge in [-0.05, 0) is 55.9 Å². The number of likely N-dealkylation sites (N-methyl/N-ethyl adjacent to an activating group) is 1. The Bertz CT molecular complexity index is 990. The van der Waals surface area contributed by atoms with E-state index in [1.807, 2.05) is 54.3 Å². The number of ether oxygens (including phenoxy) is 2. The van der Waals surface area contributed by atoms with Crippen LogP contribution in [-0.4, -0.2) is 55.7 Å². The van der Waals surface area contributed by atoms with Crippen molar-refractivity contribution in [1.29, 1.82) is 0 Å². The minimum absolute atomic E-state index is 0. The first kappa shape index (κ1) is 25.9. The van der Waals surface area contributed by atoms with Crippen molar-refractivity contribution in [2.24, 2.45) is 0 Å². The standard InChI is InChI=1S/C24H31N3O3S.ClH/c1-5-26(6-2)14-15-27(23(28)16-18-8-10-19(11-9-18)30-7-3)24-25-21-13-12-20(29-4)17-22(21)31-24;/h8-13,17H,5-7,14-16H2,1-4H3;1H. The molecule has 1 aromatic heterocycles. The summed E-state index contributed by atoms with van der Waals surface area (Å²) in [5, 5.41) is 0.728. The normalized spacial score (nSPS) is 10.8. The molecule has 0 aliphatic carbocycles. The highest BCUT2D eigenvalue weighted by Crippen LogP contribution is 2.32. The van der Waals surface area contributed by atoms with Crippen molar-refractivity contribution in [3.05, 3.63) is 48.0 Å². The quantitative estimate of drug-likeness (QED) is 0.387. The molecule has 2 aromatic carbocycles. The van der Waals surface area contributed by atoms with Gasteiger partial charge in [0.1, 0.15) is 11.5 Å². The number of nitrogens with zero attached hydrogens (tertiary/aromatic N) is 3. The van der Waals surface area contributed by atoms with E-state index in [2.05, 4.69) is 18.7 Å². The Kier molecular flexibility index (Phi) is 10.2. The molecule has 8 heteroatoms. The SMILES string of the molecule is CCOc1ccc(CC(=O)N(CCN(CC)CC)c2nc3ccc(OC)cc3s2)cc1.Cl. The fraction of sp³-hybridized carbons (Fsp3) is 0.417. The molecule has 3 rings (SSSR count). The van der Waals surface area contributed by atoms with Crippen molar-refractivity contribution in [2.75, 3.05) is 44.8 Å². The number of thiazole rings is 1. The number of anilines is 1. The van der Waals surface area contributed by atoms with E-state index in [4.69, 9.17) is 14.5 Å². The minimum Gasteiger partial charge on any atom is -0.497 e. The number of benzene rings is 2. The molecule has 0 spiro atoms. The van der Waals surface area contributed by atoms with E-state index in [9.17, 15) is 4.79 Å². The molecule has 1 amide bonds. The lowest BCUT2D eigenvalue weighted by Gasteiger charge is -2.24. The van der Waals surface area contributed by atoms with Crippen LogP contribution in [-0.2, 0) is 11.2 Å². The average Bonchev–Trinajstić information content (AvgIpc) is 3.21. The predicted octanol–water partition coefficient (Wildman–Crippen LogP) is 5.04. The van der Waals surface area contributed by atoms with Gasteiger partial charge in [-0.25, -0.2) is 4.98 Å². The van der Waals surface area contributed by atoms with Gasteiger partial charge < -0.3 is 14.4 Å². The molecular formula is C24H32ClN3O3S. The Morgan fingerprint density at radius 1 is 1.00 bits per heavy atom. The van der Waals surface area contributed by atoms with Crippen molar-refractivity contribution >= 4 is 45.0 Å². The first-order valence-corrected chi connectivity index (χ1v) is 11.6. The fourth-order valence-electron chi connectivity index (χ4n) is 3.38. The number of halogens is 1. The number of aromatic nitrogens is 1. The summed E-state index contributed by atoms with van der Waals surface area (Å²) in [7, 11) is 1.65. The summed E-state index contributed by atoms with van der Waals surface area (Å²) < 4.78 is 11.9. The fourth-order valence-corrected chi connectivity index (χ4v) is 4.42. The van der Waals surface area contributed by atoms with Gasteiger partial charge in [0.05, 0.1) is 30.4 Å². The summed E-state index contributed by atoms with van der Waals surface area (Å²) in [6.07, 6.45) is 0.323. The van der Waals surface area contributed by atoms with Crippen LogP contribution in [0.3, 0.4) is 0 Å². The summed E-state index contributed by atoms with van der Waals surface area (Å²) in [5.41, 5.74) is 1.84. The molecule has 0 unspecified atom stereocenters. The Balaban J connectivity index is 0.00000363. The van der Waals surface area contributed by atoms with Crippen LogP contribution in [0.1, 0.15) is 26.3 Å². The maximum absolute atomic E-state index is 13.3. The van der Waals surface area contributed by atoms with Gasteiger partial charge in [0.25, 0.3) is 0 Å². The smallest absolute Gasteiger partial charge is 0.233 e. The van der Waals surface area contributed by atoms with E-state index >= 15 is 0 Å². The molecule has 6 nitrogen and oxygen atoms in total. The van der Waals surface area contributed by atoms with Gasteiger partial charge in [-0.1, -0.05) is 37.3 Å². The molecule has 32 heavy (non-hydrogen) atoms. The minimum atomic E-state index is 0. The Labute approximate surface area is 200 Å². The highest BCUT2D eigenvalue weighted by Gasteiger charge is 2.21. The van der Waals surface area contributed by atoms with Crippen molar-refractivity contribution in [3.63, 3.8) is 0 Å². The number of rotatable bonds is 11. The van der Waals surface area contributed by atoms with Crippen LogP contribution in [0.25, 0.3) is 10.2 Å². The number of carbonyl (C=O) groups is 1. The Morgan fingerprint density at radius 3 is 2.31 bits per heavy atom. The van der Waals surface area contributed by atoms with E-state index in [1.54, 1.807) is 7.11 Å². The van der Waals surface area contributed by atoms with Crippen LogP contribution in [0, 0.1) is 0 Å². The summed E-state index contributed by atoms with van der Waals surface area (Å²) >= 11 is 1.53. The lowest BCUT2D eigenvalue weighted by molar-refractivity contribution is -0.118. The van der Waals surface area contributed by atoms with Crippen LogP contribution >= 0.6 is 23.7 Å². The first-order valence-electron chi connectivity index (χ1n) is 10.8. The molecule has 0 saturated carbocycles. The van der Waals surface area contributed by atoms with E-state index in [1.165, 1.54) is 11.3 Å². The second-order valence-corrected chi connectivity index (χ2v) is 8.17. The van der Waals surface area contributed by atoms with Gasteiger partial charge in [-0.15, -0.1) is 12.4 Å². The van der Waals surface area contributed by atoms with E-state index in [-0.39, 0.29) is 18.3 Å². The molecule has 0 saturated heterocycles. The van der Waals surface area contributed by atoms with Crippen molar-refractivity contribution in [3.8, 4) is 11.5 Å². The van der Waals surface area contributed by atoms with Crippen LogP contribution in [0.5, 0.6) is 11.5 Å². The molecule has 0 atom stereocenters. The molecule has 0 fully saturated rings. The van der Waals surface area contributed by atoms with Crippen LogP contribution in [0.2, 0.25) is 0 Å². The van der Waals surface area contributed by atoms with Crippen LogP contribution in [0.4, 0.5) is 5.13 Å². The molecule has 3 aromatic rings. The zero-order chi connectivity index (χ0) is 22.2. The molecule has 174 valence electrons. The summed E-state index contributed by atoms with van der Waals surface area (Å²) in [4.78, 5) is 22.2. The van der Waals surface area contributed by atoms with Gasteiger partial charge in [0, 0.05) is 13.1 Å². The maximum Gasteiger partial charge on any atom is 0.233 e. The summed E-state index contributed by atoms with van der Waals surface area (Å²) in [6.45, 7) is 10.2. The van der Waals surface area contributed by atoms with Gasteiger partial charge in [0.15, 0.2) is 5.13 Å².